The number of hydrogen-bond donors (Lipinski definition) is 2. The first-order valence-electron chi connectivity index (χ1n) is 6.10. The van der Waals surface area contributed by atoms with Gasteiger partial charge in [0.1, 0.15) is 0 Å². The Morgan fingerprint density at radius 1 is 0.867 bits per heavy atom. The Bertz CT molecular complexity index is 138. The average molecular weight is 235 g/mol. The minimum Gasteiger partial charge on any atom is -0.388 e. The normalized spacial score (nSPS) is 9.67. The van der Waals surface area contributed by atoms with E-state index in [1.54, 1.807) is 0 Å². The molecule has 0 unspecified atom stereocenters. The summed E-state index contributed by atoms with van der Waals surface area (Å²) in [5, 5.41) is 7.06. The summed E-state index contributed by atoms with van der Waals surface area (Å²) in [6.07, 6.45) is 12.7. The Balaban J connectivity index is 0. The van der Waals surface area contributed by atoms with Gasteiger partial charge in [0.05, 0.1) is 5.84 Å². The SMILES string of the molecule is CCCCCCCCCCCC(=N)N.Cl. The lowest BCUT2D eigenvalue weighted by Gasteiger charge is -2.01. The minimum atomic E-state index is 0. The Labute approximate surface area is 101 Å². The summed E-state index contributed by atoms with van der Waals surface area (Å²) in [4.78, 5) is 0. The van der Waals surface area contributed by atoms with E-state index in [0.29, 0.717) is 5.84 Å². The van der Waals surface area contributed by atoms with Crippen LogP contribution < -0.4 is 5.73 Å². The second-order valence-electron chi connectivity index (χ2n) is 4.10. The molecule has 0 heterocycles. The molecule has 0 radical (unpaired) electrons. The molecule has 0 saturated heterocycles. The lowest BCUT2D eigenvalue weighted by molar-refractivity contribution is 0.568. The molecular formula is C12H27ClN2. The summed E-state index contributed by atoms with van der Waals surface area (Å²) in [5.41, 5.74) is 5.27. The van der Waals surface area contributed by atoms with E-state index in [1.807, 2.05) is 0 Å². The smallest absolute Gasteiger partial charge is 0.0905 e. The molecule has 0 aromatic carbocycles. The molecule has 0 atom stereocenters. The van der Waals surface area contributed by atoms with Crippen LogP contribution in [0.15, 0.2) is 0 Å². The zero-order valence-electron chi connectivity index (χ0n) is 10.1. The third-order valence-electron chi connectivity index (χ3n) is 2.55. The summed E-state index contributed by atoms with van der Waals surface area (Å²) < 4.78 is 0. The fraction of sp³-hybridized carbons (Fsp3) is 0.917. The maximum Gasteiger partial charge on any atom is 0.0905 e. The van der Waals surface area contributed by atoms with Gasteiger partial charge < -0.3 is 5.73 Å². The molecule has 0 fully saturated rings. The van der Waals surface area contributed by atoms with Crippen molar-refractivity contribution in [2.45, 2.75) is 71.1 Å². The summed E-state index contributed by atoms with van der Waals surface area (Å²) in [5.74, 6) is 0.341. The number of unbranched alkanes of at least 4 members (excludes halogenated alkanes) is 8. The van der Waals surface area contributed by atoms with E-state index < -0.39 is 0 Å². The molecule has 0 saturated carbocycles. The fourth-order valence-corrected chi connectivity index (χ4v) is 1.63. The number of rotatable bonds is 10. The maximum absolute atomic E-state index is 7.06. The van der Waals surface area contributed by atoms with Crippen molar-refractivity contribution in [3.05, 3.63) is 0 Å². The van der Waals surface area contributed by atoms with Crippen molar-refractivity contribution in [1.82, 2.24) is 0 Å². The van der Waals surface area contributed by atoms with Gasteiger partial charge in [-0.1, -0.05) is 58.3 Å². The number of halogens is 1. The quantitative estimate of drug-likeness (QED) is 0.331. The van der Waals surface area contributed by atoms with Crippen LogP contribution in [-0.4, -0.2) is 5.84 Å². The molecule has 0 rings (SSSR count). The predicted molar refractivity (Wildman–Crippen MR) is 71.0 cm³/mol. The van der Waals surface area contributed by atoms with E-state index in [0.717, 1.165) is 12.8 Å². The Kier molecular flexibility index (Phi) is 15.7. The monoisotopic (exact) mass is 234 g/mol. The van der Waals surface area contributed by atoms with E-state index in [1.165, 1.54) is 51.4 Å². The third kappa shape index (κ3) is 16.4. The van der Waals surface area contributed by atoms with Crippen LogP contribution in [0.5, 0.6) is 0 Å². The molecule has 15 heavy (non-hydrogen) atoms. The second-order valence-corrected chi connectivity index (χ2v) is 4.10. The summed E-state index contributed by atoms with van der Waals surface area (Å²) in [7, 11) is 0. The first-order chi connectivity index (χ1) is 6.77. The molecule has 0 aromatic rings. The van der Waals surface area contributed by atoms with Gasteiger partial charge in [0.25, 0.3) is 0 Å². The van der Waals surface area contributed by atoms with Gasteiger partial charge in [0.15, 0.2) is 0 Å². The largest absolute Gasteiger partial charge is 0.388 e. The molecule has 0 amide bonds. The highest BCUT2D eigenvalue weighted by Crippen LogP contribution is 2.10. The van der Waals surface area contributed by atoms with Crippen molar-refractivity contribution in [3.63, 3.8) is 0 Å². The third-order valence-corrected chi connectivity index (χ3v) is 2.55. The second kappa shape index (κ2) is 13.8. The van der Waals surface area contributed by atoms with E-state index >= 15 is 0 Å². The van der Waals surface area contributed by atoms with Crippen LogP contribution in [-0.2, 0) is 0 Å². The predicted octanol–water partition coefficient (Wildman–Crippen LogP) is 4.27. The molecule has 3 N–H and O–H groups in total. The van der Waals surface area contributed by atoms with Crippen molar-refractivity contribution in [3.8, 4) is 0 Å². The highest BCUT2D eigenvalue weighted by molar-refractivity contribution is 5.85. The van der Waals surface area contributed by atoms with Crippen molar-refractivity contribution in [2.24, 2.45) is 5.73 Å². The Morgan fingerprint density at radius 2 is 1.27 bits per heavy atom. The molecule has 0 bridgehead atoms. The number of amidine groups is 1. The van der Waals surface area contributed by atoms with Crippen LogP contribution in [0.2, 0.25) is 0 Å². The van der Waals surface area contributed by atoms with Crippen LogP contribution >= 0.6 is 12.4 Å². The van der Waals surface area contributed by atoms with Crippen molar-refractivity contribution >= 4 is 18.2 Å². The van der Waals surface area contributed by atoms with Gasteiger partial charge in [-0.15, -0.1) is 12.4 Å². The lowest BCUT2D eigenvalue weighted by Crippen LogP contribution is -2.08. The van der Waals surface area contributed by atoms with Gasteiger partial charge in [-0.3, -0.25) is 5.41 Å². The van der Waals surface area contributed by atoms with Crippen molar-refractivity contribution in [1.29, 1.82) is 5.41 Å². The highest BCUT2D eigenvalue weighted by atomic mass is 35.5. The van der Waals surface area contributed by atoms with Crippen molar-refractivity contribution < 1.29 is 0 Å². The zero-order valence-corrected chi connectivity index (χ0v) is 10.9. The zero-order chi connectivity index (χ0) is 10.6. The van der Waals surface area contributed by atoms with Crippen LogP contribution in [0.4, 0.5) is 0 Å². The summed E-state index contributed by atoms with van der Waals surface area (Å²) in [6.45, 7) is 2.25. The van der Waals surface area contributed by atoms with Gasteiger partial charge in [0.2, 0.25) is 0 Å². The first kappa shape index (κ1) is 17.2. The first-order valence-corrected chi connectivity index (χ1v) is 6.10. The number of nitrogens with two attached hydrogens (primary N) is 1. The van der Waals surface area contributed by atoms with Gasteiger partial charge in [-0.2, -0.15) is 0 Å². The van der Waals surface area contributed by atoms with Crippen molar-refractivity contribution in [2.75, 3.05) is 0 Å². The standard InChI is InChI=1S/C12H26N2.ClH/c1-2-3-4-5-6-7-8-9-10-11-12(13)14;/h2-11H2,1H3,(H3,13,14);1H. The molecule has 0 aromatic heterocycles. The van der Waals surface area contributed by atoms with Gasteiger partial charge in [-0.05, 0) is 6.42 Å². The van der Waals surface area contributed by atoms with Crippen LogP contribution in [0.3, 0.4) is 0 Å². The molecule has 0 aliphatic rings. The minimum absolute atomic E-state index is 0. The van der Waals surface area contributed by atoms with Gasteiger partial charge >= 0.3 is 0 Å². The van der Waals surface area contributed by atoms with Crippen LogP contribution in [0.1, 0.15) is 71.1 Å². The Hall–Kier alpha value is -0.240. The van der Waals surface area contributed by atoms with Gasteiger partial charge in [-0.25, -0.2) is 0 Å². The molecule has 0 spiro atoms. The molecule has 0 aliphatic heterocycles. The molecular weight excluding hydrogens is 208 g/mol. The average Bonchev–Trinajstić information content (AvgIpc) is 2.15. The fourth-order valence-electron chi connectivity index (χ4n) is 1.63. The molecule has 92 valence electrons. The molecule has 2 nitrogen and oxygen atoms in total. The van der Waals surface area contributed by atoms with E-state index in [-0.39, 0.29) is 12.4 Å². The highest BCUT2D eigenvalue weighted by Gasteiger charge is 1.93. The molecule has 3 heteroatoms. The number of nitrogens with one attached hydrogen (secondary N) is 1. The van der Waals surface area contributed by atoms with E-state index in [2.05, 4.69) is 6.92 Å². The van der Waals surface area contributed by atoms with Crippen LogP contribution in [0.25, 0.3) is 0 Å². The lowest BCUT2D eigenvalue weighted by atomic mass is 10.1. The maximum atomic E-state index is 7.06. The summed E-state index contributed by atoms with van der Waals surface area (Å²) in [6, 6.07) is 0. The Morgan fingerprint density at radius 3 is 1.67 bits per heavy atom. The topological polar surface area (TPSA) is 49.9 Å². The van der Waals surface area contributed by atoms with E-state index in [4.69, 9.17) is 11.1 Å². The summed E-state index contributed by atoms with van der Waals surface area (Å²) >= 11 is 0. The van der Waals surface area contributed by atoms with Crippen LogP contribution in [0, 0.1) is 5.41 Å². The van der Waals surface area contributed by atoms with E-state index in [9.17, 15) is 0 Å². The van der Waals surface area contributed by atoms with Gasteiger partial charge in [0, 0.05) is 6.42 Å². The molecule has 0 aliphatic carbocycles. The number of hydrogen-bond acceptors (Lipinski definition) is 1.